The minimum absolute atomic E-state index is 0.415. The molecule has 0 fully saturated rings. The molecule has 0 aliphatic rings. The SMILES string of the molecule is O=P(CCOc1ccccc1)(CCOc1ccccc1)CCOc1ccccc1. The van der Waals surface area contributed by atoms with Gasteiger partial charge >= 0.3 is 0 Å². The van der Waals surface area contributed by atoms with E-state index in [0.29, 0.717) is 38.3 Å². The molecule has 0 bridgehead atoms. The van der Waals surface area contributed by atoms with E-state index in [9.17, 15) is 4.57 Å². The second kappa shape index (κ2) is 11.3. The van der Waals surface area contributed by atoms with Gasteiger partial charge < -0.3 is 18.8 Å². The number of hydrogen-bond acceptors (Lipinski definition) is 4. The van der Waals surface area contributed by atoms with Crippen molar-refractivity contribution in [3.05, 3.63) is 91.0 Å². The van der Waals surface area contributed by atoms with Crippen LogP contribution >= 0.6 is 7.14 Å². The Bertz CT molecular complexity index is 751. The molecule has 3 aromatic rings. The highest BCUT2D eigenvalue weighted by molar-refractivity contribution is 7.64. The van der Waals surface area contributed by atoms with Crippen LogP contribution in [0, 0.1) is 0 Å². The van der Waals surface area contributed by atoms with Crippen molar-refractivity contribution in [1.82, 2.24) is 0 Å². The van der Waals surface area contributed by atoms with Crippen LogP contribution in [0.2, 0.25) is 0 Å². The molecule has 0 saturated heterocycles. The first-order valence-corrected chi connectivity index (χ1v) is 12.1. The fourth-order valence-corrected chi connectivity index (χ4v) is 4.82. The van der Waals surface area contributed by atoms with Gasteiger partial charge in [0.2, 0.25) is 0 Å². The Balaban J connectivity index is 1.52. The van der Waals surface area contributed by atoms with Crippen molar-refractivity contribution < 1.29 is 18.8 Å². The Labute approximate surface area is 172 Å². The van der Waals surface area contributed by atoms with Crippen molar-refractivity contribution in [2.24, 2.45) is 0 Å². The van der Waals surface area contributed by atoms with Crippen LogP contribution in [0.15, 0.2) is 91.0 Å². The highest BCUT2D eigenvalue weighted by atomic mass is 31.2. The minimum Gasteiger partial charge on any atom is -0.493 e. The first kappa shape index (κ1) is 21.0. The lowest BCUT2D eigenvalue weighted by Crippen LogP contribution is -2.16. The van der Waals surface area contributed by atoms with Crippen LogP contribution in [-0.2, 0) is 4.57 Å². The summed E-state index contributed by atoms with van der Waals surface area (Å²) in [4.78, 5) is 0. The van der Waals surface area contributed by atoms with E-state index in [1.807, 2.05) is 91.0 Å². The normalized spacial score (nSPS) is 11.0. The van der Waals surface area contributed by atoms with Gasteiger partial charge in [-0.25, -0.2) is 0 Å². The van der Waals surface area contributed by atoms with Crippen molar-refractivity contribution in [2.75, 3.05) is 38.3 Å². The standard InChI is InChI=1S/C24H27O4P/c25-29(19-16-26-22-10-4-1-5-11-22,20-17-27-23-12-6-2-7-13-23)21-18-28-24-14-8-3-9-15-24/h1-15H,16-21H2. The second-order valence-electron chi connectivity index (χ2n) is 6.71. The summed E-state index contributed by atoms with van der Waals surface area (Å²) in [7, 11) is -2.51. The molecule has 0 radical (unpaired) electrons. The third-order valence-electron chi connectivity index (χ3n) is 4.53. The summed E-state index contributed by atoms with van der Waals surface area (Å²) in [5.41, 5.74) is 0. The highest BCUT2D eigenvalue weighted by Crippen LogP contribution is 2.44. The predicted octanol–water partition coefficient (Wildman–Crippen LogP) is 5.59. The summed E-state index contributed by atoms with van der Waals surface area (Å²) in [6.45, 7) is 1.24. The van der Waals surface area contributed by atoms with E-state index in [2.05, 4.69) is 0 Å². The second-order valence-corrected chi connectivity index (χ2v) is 10.2. The monoisotopic (exact) mass is 410 g/mol. The van der Waals surface area contributed by atoms with Gasteiger partial charge in [0, 0.05) is 18.5 Å². The molecular weight excluding hydrogens is 383 g/mol. The lowest BCUT2D eigenvalue weighted by atomic mass is 10.3. The van der Waals surface area contributed by atoms with Gasteiger partial charge in [-0.2, -0.15) is 0 Å². The third kappa shape index (κ3) is 7.67. The molecule has 152 valence electrons. The molecule has 0 amide bonds. The molecule has 0 N–H and O–H groups in total. The molecular formula is C24H27O4P. The summed E-state index contributed by atoms with van der Waals surface area (Å²) in [6, 6.07) is 28.8. The Kier molecular flexibility index (Phi) is 8.21. The topological polar surface area (TPSA) is 44.8 Å². The van der Waals surface area contributed by atoms with Gasteiger partial charge in [-0.05, 0) is 36.4 Å². The average Bonchev–Trinajstić information content (AvgIpc) is 2.76. The zero-order valence-electron chi connectivity index (χ0n) is 16.5. The van der Waals surface area contributed by atoms with E-state index in [4.69, 9.17) is 14.2 Å². The molecule has 3 rings (SSSR count). The van der Waals surface area contributed by atoms with Gasteiger partial charge in [0.05, 0.1) is 27.0 Å². The van der Waals surface area contributed by atoms with Crippen LogP contribution < -0.4 is 14.2 Å². The maximum absolute atomic E-state index is 13.5. The fraction of sp³-hybridized carbons (Fsp3) is 0.250. The summed E-state index contributed by atoms with van der Waals surface area (Å²) in [5.74, 6) is 2.38. The Morgan fingerprint density at radius 2 is 0.759 bits per heavy atom. The van der Waals surface area contributed by atoms with Crippen molar-refractivity contribution in [3.8, 4) is 17.2 Å². The molecule has 0 aliphatic carbocycles. The van der Waals surface area contributed by atoms with E-state index in [1.165, 1.54) is 0 Å². The van der Waals surface area contributed by atoms with Gasteiger partial charge in [0.1, 0.15) is 17.2 Å². The lowest BCUT2D eigenvalue weighted by molar-refractivity contribution is 0.326. The van der Waals surface area contributed by atoms with Crippen molar-refractivity contribution in [1.29, 1.82) is 0 Å². The number of para-hydroxylation sites is 3. The number of ether oxygens (including phenoxy) is 3. The van der Waals surface area contributed by atoms with Gasteiger partial charge in [-0.15, -0.1) is 0 Å². The van der Waals surface area contributed by atoms with Crippen LogP contribution in [-0.4, -0.2) is 38.3 Å². The van der Waals surface area contributed by atoms with Gasteiger partial charge in [-0.1, -0.05) is 54.6 Å². The molecule has 5 heteroatoms. The smallest absolute Gasteiger partial charge is 0.119 e. The van der Waals surface area contributed by atoms with Gasteiger partial charge in [0.15, 0.2) is 0 Å². The molecule has 0 aromatic heterocycles. The summed E-state index contributed by atoms with van der Waals surface area (Å²) in [6.07, 6.45) is 1.49. The van der Waals surface area contributed by atoms with Gasteiger partial charge in [-0.3, -0.25) is 0 Å². The molecule has 0 spiro atoms. The molecule has 3 aromatic carbocycles. The summed E-state index contributed by atoms with van der Waals surface area (Å²) in [5, 5.41) is 0. The maximum Gasteiger partial charge on any atom is 0.119 e. The fourth-order valence-electron chi connectivity index (χ4n) is 2.88. The molecule has 0 aliphatic heterocycles. The minimum atomic E-state index is -2.51. The maximum atomic E-state index is 13.5. The lowest BCUT2D eigenvalue weighted by Gasteiger charge is -2.19. The quantitative estimate of drug-likeness (QED) is 0.365. The number of rotatable bonds is 12. The van der Waals surface area contributed by atoms with Crippen molar-refractivity contribution in [3.63, 3.8) is 0 Å². The molecule has 0 atom stereocenters. The summed E-state index contributed by atoms with van der Waals surface area (Å²) < 4.78 is 30.9. The van der Waals surface area contributed by atoms with E-state index in [1.54, 1.807) is 0 Å². The number of benzene rings is 3. The van der Waals surface area contributed by atoms with E-state index in [-0.39, 0.29) is 0 Å². The first-order chi connectivity index (χ1) is 14.2. The first-order valence-electron chi connectivity index (χ1n) is 9.84. The molecule has 0 unspecified atom stereocenters. The molecule has 0 heterocycles. The van der Waals surface area contributed by atoms with Gasteiger partial charge in [0.25, 0.3) is 0 Å². The van der Waals surface area contributed by atoms with E-state index >= 15 is 0 Å². The van der Waals surface area contributed by atoms with Crippen LogP contribution in [0.5, 0.6) is 17.2 Å². The third-order valence-corrected chi connectivity index (χ3v) is 7.53. The van der Waals surface area contributed by atoms with Crippen LogP contribution in [0.4, 0.5) is 0 Å². The van der Waals surface area contributed by atoms with Crippen LogP contribution in [0.25, 0.3) is 0 Å². The Morgan fingerprint density at radius 3 is 1.03 bits per heavy atom. The molecule has 29 heavy (non-hydrogen) atoms. The highest BCUT2D eigenvalue weighted by Gasteiger charge is 2.23. The Morgan fingerprint density at radius 1 is 0.483 bits per heavy atom. The largest absolute Gasteiger partial charge is 0.493 e. The zero-order valence-corrected chi connectivity index (χ0v) is 17.4. The molecule has 0 saturated carbocycles. The zero-order chi connectivity index (χ0) is 20.2. The van der Waals surface area contributed by atoms with Crippen LogP contribution in [0.3, 0.4) is 0 Å². The van der Waals surface area contributed by atoms with E-state index in [0.717, 1.165) is 17.2 Å². The van der Waals surface area contributed by atoms with E-state index < -0.39 is 7.14 Å². The average molecular weight is 410 g/mol. The predicted molar refractivity (Wildman–Crippen MR) is 118 cm³/mol. The van der Waals surface area contributed by atoms with Crippen molar-refractivity contribution in [2.45, 2.75) is 0 Å². The van der Waals surface area contributed by atoms with Crippen LogP contribution in [0.1, 0.15) is 0 Å². The van der Waals surface area contributed by atoms with Crippen molar-refractivity contribution >= 4 is 7.14 Å². The number of hydrogen-bond donors (Lipinski definition) is 0. The summed E-state index contributed by atoms with van der Waals surface area (Å²) >= 11 is 0. The molecule has 4 nitrogen and oxygen atoms in total. The Hall–Kier alpha value is -2.71.